The third-order valence-corrected chi connectivity index (χ3v) is 9.80. The second-order valence-electron chi connectivity index (χ2n) is 9.83. The number of halogens is 2. The summed E-state index contributed by atoms with van der Waals surface area (Å²) in [6.45, 7) is 1.42. The Bertz CT molecular complexity index is 1410. The van der Waals surface area contributed by atoms with E-state index >= 15 is 0 Å². The van der Waals surface area contributed by atoms with E-state index in [2.05, 4.69) is 21.2 Å². The van der Waals surface area contributed by atoms with Gasteiger partial charge >= 0.3 is 0 Å². The quantitative estimate of drug-likeness (QED) is 0.270. The third kappa shape index (κ3) is 7.25. The van der Waals surface area contributed by atoms with Gasteiger partial charge in [-0.25, -0.2) is 8.42 Å². The standard InChI is InChI=1S/C30H33BrClN3O4S/c1-2-28(30(37)33-24-11-7-8-12-24)34(20-22-10-6-9-15-27(22)32)29(36)21-35(25-18-16-23(31)17-19-25)40(38,39)26-13-4-3-5-14-26/h3-6,9-10,13-19,24,28H,2,7-8,11-12,20-21H2,1H3,(H,33,37)/t28-/m1/s1. The molecule has 0 aliphatic heterocycles. The molecule has 0 unspecified atom stereocenters. The topological polar surface area (TPSA) is 86.8 Å². The Morgan fingerprint density at radius 3 is 2.23 bits per heavy atom. The van der Waals surface area contributed by atoms with Crippen molar-refractivity contribution in [3.8, 4) is 0 Å². The summed E-state index contributed by atoms with van der Waals surface area (Å²) in [5.41, 5.74) is 1.01. The van der Waals surface area contributed by atoms with Crippen molar-refractivity contribution in [2.24, 2.45) is 0 Å². The van der Waals surface area contributed by atoms with Crippen molar-refractivity contribution in [1.29, 1.82) is 0 Å². The Morgan fingerprint density at radius 2 is 1.60 bits per heavy atom. The second kappa shape index (κ2) is 13.7. The van der Waals surface area contributed by atoms with E-state index in [0.717, 1.165) is 34.5 Å². The minimum atomic E-state index is -4.10. The summed E-state index contributed by atoms with van der Waals surface area (Å²) in [5.74, 6) is -0.744. The number of nitrogens with one attached hydrogen (secondary N) is 1. The molecule has 212 valence electrons. The molecule has 10 heteroatoms. The summed E-state index contributed by atoms with van der Waals surface area (Å²) in [6.07, 6.45) is 4.30. The van der Waals surface area contributed by atoms with E-state index < -0.39 is 28.5 Å². The van der Waals surface area contributed by atoms with E-state index in [4.69, 9.17) is 11.6 Å². The highest BCUT2D eigenvalue weighted by Crippen LogP contribution is 2.27. The molecule has 0 radical (unpaired) electrons. The number of carbonyl (C=O) groups is 2. The summed E-state index contributed by atoms with van der Waals surface area (Å²) in [5, 5.41) is 3.58. The van der Waals surface area contributed by atoms with Gasteiger partial charge in [0, 0.05) is 22.1 Å². The molecule has 3 aromatic rings. The Kier molecular flexibility index (Phi) is 10.3. The van der Waals surface area contributed by atoms with Crippen molar-refractivity contribution in [3.05, 3.63) is 93.9 Å². The molecule has 1 aliphatic carbocycles. The molecule has 3 aromatic carbocycles. The third-order valence-electron chi connectivity index (χ3n) is 7.11. The molecule has 0 aromatic heterocycles. The normalized spacial score (nSPS) is 14.5. The molecule has 0 bridgehead atoms. The average Bonchev–Trinajstić information content (AvgIpc) is 3.46. The number of sulfonamides is 1. The first-order valence-corrected chi connectivity index (χ1v) is 16.0. The molecule has 1 atom stereocenters. The summed E-state index contributed by atoms with van der Waals surface area (Å²) in [7, 11) is -4.10. The van der Waals surface area contributed by atoms with Gasteiger partial charge in [-0.2, -0.15) is 0 Å². The van der Waals surface area contributed by atoms with E-state index in [0.29, 0.717) is 22.7 Å². The smallest absolute Gasteiger partial charge is 0.264 e. The zero-order valence-electron chi connectivity index (χ0n) is 22.3. The highest BCUT2D eigenvalue weighted by molar-refractivity contribution is 9.10. The van der Waals surface area contributed by atoms with Crippen molar-refractivity contribution in [2.75, 3.05) is 10.8 Å². The molecule has 1 N–H and O–H groups in total. The van der Waals surface area contributed by atoms with Crippen LogP contribution in [0, 0.1) is 0 Å². The van der Waals surface area contributed by atoms with Crippen LogP contribution in [0.2, 0.25) is 5.02 Å². The van der Waals surface area contributed by atoms with Crippen LogP contribution in [0.3, 0.4) is 0 Å². The number of benzene rings is 3. The van der Waals surface area contributed by atoms with Crippen LogP contribution in [-0.2, 0) is 26.2 Å². The van der Waals surface area contributed by atoms with Gasteiger partial charge in [0.2, 0.25) is 11.8 Å². The molecular formula is C30H33BrClN3O4S. The van der Waals surface area contributed by atoms with Crippen molar-refractivity contribution in [2.45, 2.75) is 62.6 Å². The predicted molar refractivity (Wildman–Crippen MR) is 162 cm³/mol. The summed E-state index contributed by atoms with van der Waals surface area (Å²) >= 11 is 9.85. The largest absolute Gasteiger partial charge is 0.352 e. The van der Waals surface area contributed by atoms with Crippen molar-refractivity contribution >= 4 is 55.1 Å². The molecule has 1 aliphatic rings. The van der Waals surface area contributed by atoms with Gasteiger partial charge in [0.05, 0.1) is 10.6 Å². The van der Waals surface area contributed by atoms with Crippen LogP contribution in [0.15, 0.2) is 88.2 Å². The van der Waals surface area contributed by atoms with Gasteiger partial charge in [-0.3, -0.25) is 13.9 Å². The number of nitrogens with zero attached hydrogens (tertiary/aromatic N) is 2. The number of hydrogen-bond acceptors (Lipinski definition) is 4. The van der Waals surface area contributed by atoms with E-state index in [-0.39, 0.29) is 23.4 Å². The highest BCUT2D eigenvalue weighted by atomic mass is 79.9. The lowest BCUT2D eigenvalue weighted by Crippen LogP contribution is -2.53. The Hall–Kier alpha value is -2.88. The van der Waals surface area contributed by atoms with Crippen molar-refractivity contribution in [1.82, 2.24) is 10.2 Å². The lowest BCUT2D eigenvalue weighted by atomic mass is 10.1. The molecule has 7 nitrogen and oxygen atoms in total. The molecule has 0 saturated heterocycles. The van der Waals surface area contributed by atoms with Gasteiger partial charge < -0.3 is 10.2 Å². The summed E-state index contributed by atoms with van der Waals surface area (Å²) in [6, 6.07) is 21.1. The molecule has 4 rings (SSSR count). The van der Waals surface area contributed by atoms with E-state index in [1.165, 1.54) is 17.0 Å². The van der Waals surface area contributed by atoms with Crippen molar-refractivity contribution in [3.63, 3.8) is 0 Å². The first-order chi connectivity index (χ1) is 19.2. The maximum atomic E-state index is 14.1. The van der Waals surface area contributed by atoms with Gasteiger partial charge in [0.15, 0.2) is 0 Å². The molecule has 1 fully saturated rings. The number of carbonyl (C=O) groups excluding carboxylic acids is 2. The first-order valence-electron chi connectivity index (χ1n) is 13.4. The SMILES string of the molecule is CC[C@H](C(=O)NC1CCCC1)N(Cc1ccccc1Cl)C(=O)CN(c1ccc(Br)cc1)S(=O)(=O)c1ccccc1. The minimum Gasteiger partial charge on any atom is -0.352 e. The molecule has 0 heterocycles. The Balaban J connectivity index is 1.71. The molecule has 2 amide bonds. The number of hydrogen-bond donors (Lipinski definition) is 1. The number of rotatable bonds is 11. The molecule has 40 heavy (non-hydrogen) atoms. The zero-order valence-corrected chi connectivity index (χ0v) is 25.5. The number of anilines is 1. The summed E-state index contributed by atoms with van der Waals surface area (Å²) in [4.78, 5) is 29.1. The van der Waals surface area contributed by atoms with Crippen LogP contribution in [0.1, 0.15) is 44.6 Å². The van der Waals surface area contributed by atoms with Gasteiger partial charge in [0.1, 0.15) is 12.6 Å². The fourth-order valence-electron chi connectivity index (χ4n) is 4.95. The van der Waals surface area contributed by atoms with Crippen LogP contribution in [0.25, 0.3) is 0 Å². The first kappa shape index (κ1) is 30.1. The Morgan fingerprint density at radius 1 is 0.975 bits per heavy atom. The maximum absolute atomic E-state index is 14.1. The second-order valence-corrected chi connectivity index (χ2v) is 13.0. The van der Waals surface area contributed by atoms with Crippen molar-refractivity contribution < 1.29 is 18.0 Å². The molecule has 0 spiro atoms. The Labute approximate surface area is 249 Å². The maximum Gasteiger partial charge on any atom is 0.264 e. The minimum absolute atomic E-state index is 0.0641. The lowest BCUT2D eigenvalue weighted by molar-refractivity contribution is -0.140. The monoisotopic (exact) mass is 645 g/mol. The fourth-order valence-corrected chi connectivity index (χ4v) is 6.85. The lowest BCUT2D eigenvalue weighted by Gasteiger charge is -2.34. The fraction of sp³-hybridized carbons (Fsp3) is 0.333. The van der Waals surface area contributed by atoms with Gasteiger partial charge in [-0.05, 0) is 67.3 Å². The van der Waals surface area contributed by atoms with Crippen LogP contribution in [0.5, 0.6) is 0 Å². The predicted octanol–water partition coefficient (Wildman–Crippen LogP) is 6.16. The van der Waals surface area contributed by atoms with Crippen LogP contribution in [0.4, 0.5) is 5.69 Å². The van der Waals surface area contributed by atoms with Gasteiger partial charge in [-0.15, -0.1) is 0 Å². The van der Waals surface area contributed by atoms with E-state index in [9.17, 15) is 18.0 Å². The van der Waals surface area contributed by atoms with E-state index in [1.807, 2.05) is 13.0 Å². The van der Waals surface area contributed by atoms with E-state index in [1.54, 1.807) is 60.7 Å². The summed E-state index contributed by atoms with van der Waals surface area (Å²) < 4.78 is 29.5. The van der Waals surface area contributed by atoms with Gasteiger partial charge in [0.25, 0.3) is 10.0 Å². The van der Waals surface area contributed by atoms with Gasteiger partial charge in [-0.1, -0.05) is 83.7 Å². The number of amides is 2. The zero-order chi connectivity index (χ0) is 28.7. The highest BCUT2D eigenvalue weighted by Gasteiger charge is 2.34. The molecule has 1 saturated carbocycles. The average molecular weight is 647 g/mol. The molecular weight excluding hydrogens is 614 g/mol. The van der Waals surface area contributed by atoms with Crippen LogP contribution >= 0.6 is 27.5 Å². The van der Waals surface area contributed by atoms with Crippen LogP contribution < -0.4 is 9.62 Å². The van der Waals surface area contributed by atoms with Crippen LogP contribution in [-0.4, -0.2) is 43.8 Å².